The zero-order valence-corrected chi connectivity index (χ0v) is 9.65. The van der Waals surface area contributed by atoms with Crippen LogP contribution in [0.25, 0.3) is 0 Å². The minimum atomic E-state index is 0.139. The van der Waals surface area contributed by atoms with E-state index in [0.29, 0.717) is 16.8 Å². The first kappa shape index (κ1) is 9.86. The Morgan fingerprint density at radius 1 is 1.42 bits per heavy atom. The minimum Gasteiger partial charge on any atom is -0.503 e. The van der Waals surface area contributed by atoms with Gasteiger partial charge in [-0.05, 0) is 35.0 Å². The van der Waals surface area contributed by atoms with Crippen LogP contribution in [0, 0.1) is 0 Å². The molecule has 0 aliphatic carbocycles. The van der Waals surface area contributed by atoms with Crippen molar-refractivity contribution in [3.05, 3.63) is 21.1 Å². The highest BCUT2D eigenvalue weighted by Crippen LogP contribution is 2.36. The van der Waals surface area contributed by atoms with E-state index >= 15 is 0 Å². The summed E-state index contributed by atoms with van der Waals surface area (Å²) < 4.78 is 6.68. The first-order chi connectivity index (χ1) is 5.65. The monoisotopic (exact) mass is 294 g/mol. The van der Waals surface area contributed by atoms with Crippen LogP contribution in [0.1, 0.15) is 6.92 Å². The molecule has 0 saturated carbocycles. The average Bonchev–Trinajstić information content (AvgIpc) is 2.00. The topological polar surface area (TPSA) is 29.5 Å². The molecule has 0 unspecified atom stereocenters. The molecule has 0 amide bonds. The van der Waals surface area contributed by atoms with Gasteiger partial charge in [-0.1, -0.05) is 15.9 Å². The lowest BCUT2D eigenvalue weighted by Gasteiger charge is -2.07. The van der Waals surface area contributed by atoms with Crippen LogP contribution in [0.15, 0.2) is 21.1 Å². The van der Waals surface area contributed by atoms with Crippen LogP contribution in [-0.4, -0.2) is 11.7 Å². The third kappa shape index (κ3) is 2.14. The van der Waals surface area contributed by atoms with E-state index in [9.17, 15) is 5.11 Å². The second kappa shape index (κ2) is 4.14. The van der Waals surface area contributed by atoms with Gasteiger partial charge < -0.3 is 9.84 Å². The molecular formula is C8H8Br2O2. The Hall–Kier alpha value is -0.220. The maximum Gasteiger partial charge on any atom is 0.172 e. The Morgan fingerprint density at radius 2 is 2.08 bits per heavy atom. The highest BCUT2D eigenvalue weighted by atomic mass is 79.9. The number of hydrogen-bond acceptors (Lipinski definition) is 2. The number of rotatable bonds is 2. The van der Waals surface area contributed by atoms with Crippen molar-refractivity contribution in [1.29, 1.82) is 0 Å². The summed E-state index contributed by atoms with van der Waals surface area (Å²) in [5.41, 5.74) is 0. The summed E-state index contributed by atoms with van der Waals surface area (Å²) in [6.07, 6.45) is 0. The predicted octanol–water partition coefficient (Wildman–Crippen LogP) is 3.32. The molecule has 0 bridgehead atoms. The summed E-state index contributed by atoms with van der Waals surface area (Å²) >= 11 is 6.50. The van der Waals surface area contributed by atoms with Gasteiger partial charge in [-0.25, -0.2) is 0 Å². The van der Waals surface area contributed by atoms with E-state index in [2.05, 4.69) is 31.9 Å². The zero-order chi connectivity index (χ0) is 9.14. The lowest BCUT2D eigenvalue weighted by Crippen LogP contribution is -1.91. The van der Waals surface area contributed by atoms with Gasteiger partial charge in [-0.15, -0.1) is 0 Å². The summed E-state index contributed by atoms with van der Waals surface area (Å²) in [6, 6.07) is 3.49. The fourth-order valence-corrected chi connectivity index (χ4v) is 1.99. The summed E-state index contributed by atoms with van der Waals surface area (Å²) in [4.78, 5) is 0. The van der Waals surface area contributed by atoms with Crippen molar-refractivity contribution >= 4 is 31.9 Å². The van der Waals surface area contributed by atoms with Gasteiger partial charge in [-0.3, -0.25) is 0 Å². The number of halogens is 2. The number of phenols is 1. The molecule has 0 aliphatic rings. The number of benzene rings is 1. The minimum absolute atomic E-state index is 0.139. The van der Waals surface area contributed by atoms with Crippen molar-refractivity contribution in [2.24, 2.45) is 0 Å². The second-order valence-corrected chi connectivity index (χ2v) is 3.94. The molecule has 66 valence electrons. The van der Waals surface area contributed by atoms with Crippen molar-refractivity contribution in [2.75, 3.05) is 6.61 Å². The molecule has 0 heterocycles. The van der Waals surface area contributed by atoms with Crippen molar-refractivity contribution in [2.45, 2.75) is 6.92 Å². The lowest BCUT2D eigenvalue weighted by molar-refractivity contribution is 0.317. The van der Waals surface area contributed by atoms with Crippen molar-refractivity contribution in [1.82, 2.24) is 0 Å². The van der Waals surface area contributed by atoms with Crippen LogP contribution in [0.3, 0.4) is 0 Å². The summed E-state index contributed by atoms with van der Waals surface area (Å²) in [5.74, 6) is 0.624. The van der Waals surface area contributed by atoms with Crippen molar-refractivity contribution < 1.29 is 9.84 Å². The highest BCUT2D eigenvalue weighted by Gasteiger charge is 2.07. The van der Waals surface area contributed by atoms with E-state index in [1.54, 1.807) is 12.1 Å². The zero-order valence-electron chi connectivity index (χ0n) is 6.47. The van der Waals surface area contributed by atoms with Crippen LogP contribution in [-0.2, 0) is 0 Å². The smallest absolute Gasteiger partial charge is 0.172 e. The van der Waals surface area contributed by atoms with Gasteiger partial charge in [0.15, 0.2) is 11.5 Å². The van der Waals surface area contributed by atoms with Gasteiger partial charge in [0, 0.05) is 4.47 Å². The average molecular weight is 296 g/mol. The van der Waals surface area contributed by atoms with E-state index in [-0.39, 0.29) is 5.75 Å². The summed E-state index contributed by atoms with van der Waals surface area (Å²) in [5, 5.41) is 9.46. The molecule has 1 aromatic carbocycles. The van der Waals surface area contributed by atoms with Gasteiger partial charge in [-0.2, -0.15) is 0 Å². The molecule has 2 nitrogen and oxygen atoms in total. The van der Waals surface area contributed by atoms with Gasteiger partial charge in [0.05, 0.1) is 11.1 Å². The molecule has 0 radical (unpaired) electrons. The quantitative estimate of drug-likeness (QED) is 0.907. The van der Waals surface area contributed by atoms with Crippen LogP contribution >= 0.6 is 31.9 Å². The van der Waals surface area contributed by atoms with E-state index < -0.39 is 0 Å². The Bertz CT molecular complexity index is 287. The molecule has 1 N–H and O–H groups in total. The maximum absolute atomic E-state index is 9.46. The molecule has 0 aliphatic heterocycles. The summed E-state index contributed by atoms with van der Waals surface area (Å²) in [7, 11) is 0. The second-order valence-electron chi connectivity index (χ2n) is 2.17. The van der Waals surface area contributed by atoms with Gasteiger partial charge in [0.1, 0.15) is 0 Å². The molecule has 0 atom stereocenters. The van der Waals surface area contributed by atoms with E-state index in [4.69, 9.17) is 4.74 Å². The molecule has 12 heavy (non-hydrogen) atoms. The van der Waals surface area contributed by atoms with Crippen molar-refractivity contribution in [3.63, 3.8) is 0 Å². The summed E-state index contributed by atoms with van der Waals surface area (Å²) in [6.45, 7) is 2.41. The number of hydrogen-bond donors (Lipinski definition) is 1. The maximum atomic E-state index is 9.46. The van der Waals surface area contributed by atoms with Gasteiger partial charge in [0.25, 0.3) is 0 Å². The Kier molecular flexibility index (Phi) is 3.40. The van der Waals surface area contributed by atoms with E-state index in [0.717, 1.165) is 4.47 Å². The first-order valence-electron chi connectivity index (χ1n) is 3.46. The normalized spacial score (nSPS) is 9.92. The van der Waals surface area contributed by atoms with Crippen LogP contribution in [0.4, 0.5) is 0 Å². The molecule has 1 aromatic rings. The lowest BCUT2D eigenvalue weighted by atomic mass is 10.3. The third-order valence-electron chi connectivity index (χ3n) is 1.29. The Balaban J connectivity index is 3.09. The number of ether oxygens (including phenoxy) is 1. The highest BCUT2D eigenvalue weighted by molar-refractivity contribution is 9.11. The first-order valence-corrected chi connectivity index (χ1v) is 5.04. The number of aromatic hydroxyl groups is 1. The molecule has 0 spiro atoms. The fourth-order valence-electron chi connectivity index (χ4n) is 0.808. The standard InChI is InChI=1S/C8H8Br2O2/c1-2-12-7-4-5(9)3-6(10)8(7)11/h3-4,11H,2H2,1H3. The molecule has 1 rings (SSSR count). The third-order valence-corrected chi connectivity index (χ3v) is 2.36. The number of phenolic OH excluding ortho intramolecular Hbond substituents is 1. The Labute approximate surface area is 87.8 Å². The molecule has 0 aromatic heterocycles. The molecule has 0 fully saturated rings. The van der Waals surface area contributed by atoms with Gasteiger partial charge >= 0.3 is 0 Å². The van der Waals surface area contributed by atoms with E-state index in [1.807, 2.05) is 6.92 Å². The van der Waals surface area contributed by atoms with Crippen molar-refractivity contribution in [3.8, 4) is 11.5 Å². The van der Waals surface area contributed by atoms with E-state index in [1.165, 1.54) is 0 Å². The molecule has 0 saturated heterocycles. The SMILES string of the molecule is CCOc1cc(Br)cc(Br)c1O. The van der Waals surface area contributed by atoms with Crippen LogP contribution in [0.5, 0.6) is 11.5 Å². The van der Waals surface area contributed by atoms with Crippen LogP contribution in [0.2, 0.25) is 0 Å². The van der Waals surface area contributed by atoms with Crippen LogP contribution < -0.4 is 4.74 Å². The Morgan fingerprint density at radius 3 is 2.67 bits per heavy atom. The molecule has 4 heteroatoms. The fraction of sp³-hybridized carbons (Fsp3) is 0.250. The predicted molar refractivity (Wildman–Crippen MR) is 54.7 cm³/mol. The van der Waals surface area contributed by atoms with Gasteiger partial charge in [0.2, 0.25) is 0 Å². The largest absolute Gasteiger partial charge is 0.503 e. The molecular weight excluding hydrogens is 288 g/mol.